The summed E-state index contributed by atoms with van der Waals surface area (Å²) in [7, 11) is -0.853. The Balaban J connectivity index is 2.27. The van der Waals surface area contributed by atoms with Gasteiger partial charge in [0.25, 0.3) is 0 Å². The molecule has 2 atom stereocenters. The number of amides is 1. The highest BCUT2D eigenvalue weighted by Gasteiger charge is 2.27. The predicted molar refractivity (Wildman–Crippen MR) is 111 cm³/mol. The lowest BCUT2D eigenvalue weighted by Crippen LogP contribution is -2.50. The number of ether oxygens (including phenoxy) is 2. The Labute approximate surface area is 172 Å². The summed E-state index contributed by atoms with van der Waals surface area (Å²) >= 11 is 0. The van der Waals surface area contributed by atoms with Gasteiger partial charge in [-0.1, -0.05) is 30.3 Å². The van der Waals surface area contributed by atoms with Gasteiger partial charge >= 0.3 is 0 Å². The molecule has 0 aromatic heterocycles. The molecule has 0 spiro atoms. The lowest BCUT2D eigenvalue weighted by molar-refractivity contribution is -0.123. The Bertz CT molecular complexity index is 916. The van der Waals surface area contributed by atoms with Crippen molar-refractivity contribution >= 4 is 15.9 Å². The molecule has 2 N–H and O–H groups in total. The minimum atomic E-state index is -3.92. The zero-order valence-electron chi connectivity index (χ0n) is 17.1. The third kappa shape index (κ3) is 6.56. The van der Waals surface area contributed by atoms with E-state index in [0.29, 0.717) is 17.9 Å². The third-order valence-corrected chi connectivity index (χ3v) is 5.85. The lowest BCUT2D eigenvalue weighted by atomic mass is 10.1. The lowest BCUT2D eigenvalue weighted by Gasteiger charge is -2.21. The maximum Gasteiger partial charge on any atom is 0.241 e. The number of aryl methyl sites for hydroxylation is 1. The Morgan fingerprint density at radius 3 is 2.38 bits per heavy atom. The summed E-state index contributed by atoms with van der Waals surface area (Å²) in [4.78, 5) is 12.9. The number of nitrogens with one attached hydrogen (secondary N) is 2. The molecule has 158 valence electrons. The second-order valence-corrected chi connectivity index (χ2v) is 8.57. The SMILES string of the molecule is COC[C@H](C)NC(=O)[C@H](Cc1ccccc1)NS(=O)(=O)c1ccc(OC)c(C)c1. The Kier molecular flexibility index (Phi) is 8.19. The fourth-order valence-electron chi connectivity index (χ4n) is 2.95. The third-order valence-electron chi connectivity index (χ3n) is 4.38. The van der Waals surface area contributed by atoms with Gasteiger partial charge in [-0.25, -0.2) is 8.42 Å². The summed E-state index contributed by atoms with van der Waals surface area (Å²) in [6, 6.07) is 12.6. The van der Waals surface area contributed by atoms with E-state index in [1.54, 1.807) is 27.0 Å². The Morgan fingerprint density at radius 1 is 1.10 bits per heavy atom. The summed E-state index contributed by atoms with van der Waals surface area (Å²) in [6.07, 6.45) is 0.223. The highest BCUT2D eigenvalue weighted by atomic mass is 32.2. The number of benzene rings is 2. The molecule has 0 bridgehead atoms. The monoisotopic (exact) mass is 420 g/mol. The van der Waals surface area contributed by atoms with Crippen molar-refractivity contribution in [2.75, 3.05) is 20.8 Å². The van der Waals surface area contributed by atoms with Crippen LogP contribution >= 0.6 is 0 Å². The van der Waals surface area contributed by atoms with Crippen LogP contribution in [-0.2, 0) is 26.0 Å². The molecule has 1 amide bonds. The summed E-state index contributed by atoms with van der Waals surface area (Å²) in [5.74, 6) is 0.183. The molecule has 0 heterocycles. The van der Waals surface area contributed by atoms with Crippen LogP contribution in [0.25, 0.3) is 0 Å². The molecule has 0 saturated heterocycles. The highest BCUT2D eigenvalue weighted by molar-refractivity contribution is 7.89. The summed E-state index contributed by atoms with van der Waals surface area (Å²) in [5, 5.41) is 2.79. The van der Waals surface area contributed by atoms with Crippen molar-refractivity contribution in [3.05, 3.63) is 59.7 Å². The normalized spacial score (nSPS) is 13.5. The molecule has 7 nitrogen and oxygen atoms in total. The van der Waals surface area contributed by atoms with Crippen molar-refractivity contribution in [2.45, 2.75) is 37.2 Å². The van der Waals surface area contributed by atoms with E-state index >= 15 is 0 Å². The molecule has 0 fully saturated rings. The first-order valence-electron chi connectivity index (χ1n) is 9.27. The van der Waals surface area contributed by atoms with Crippen LogP contribution in [0.4, 0.5) is 0 Å². The zero-order chi connectivity index (χ0) is 21.4. The maximum absolute atomic E-state index is 12.9. The van der Waals surface area contributed by atoms with Gasteiger partial charge in [0.2, 0.25) is 15.9 Å². The number of sulfonamides is 1. The minimum absolute atomic E-state index is 0.0756. The van der Waals surface area contributed by atoms with Crippen LogP contribution in [0.1, 0.15) is 18.1 Å². The van der Waals surface area contributed by atoms with Crippen molar-refractivity contribution in [3.8, 4) is 5.75 Å². The van der Waals surface area contributed by atoms with Gasteiger partial charge < -0.3 is 14.8 Å². The quantitative estimate of drug-likeness (QED) is 0.614. The van der Waals surface area contributed by atoms with Gasteiger partial charge in [-0.2, -0.15) is 4.72 Å². The van der Waals surface area contributed by atoms with Gasteiger partial charge in [0, 0.05) is 13.2 Å². The molecular formula is C21H28N2O5S. The topological polar surface area (TPSA) is 93.7 Å². The molecule has 0 radical (unpaired) electrons. The molecule has 0 aliphatic carbocycles. The van der Waals surface area contributed by atoms with E-state index in [1.807, 2.05) is 30.3 Å². The standard InChI is InChI=1S/C21H28N2O5S/c1-15-12-18(10-11-20(15)28-4)29(25,26)23-19(13-17-8-6-5-7-9-17)21(24)22-16(2)14-27-3/h5-12,16,19,23H,13-14H2,1-4H3,(H,22,24)/t16-,19-/m0/s1. The predicted octanol–water partition coefficient (Wildman–Crippen LogP) is 2.04. The number of rotatable bonds is 10. The smallest absolute Gasteiger partial charge is 0.241 e. The largest absolute Gasteiger partial charge is 0.496 e. The van der Waals surface area contributed by atoms with E-state index in [2.05, 4.69) is 10.0 Å². The van der Waals surface area contributed by atoms with E-state index in [1.165, 1.54) is 19.2 Å². The molecule has 2 aromatic carbocycles. The average Bonchev–Trinajstić information content (AvgIpc) is 2.68. The van der Waals surface area contributed by atoms with Gasteiger partial charge in [0.15, 0.2) is 0 Å². The average molecular weight is 421 g/mol. The molecule has 0 saturated carbocycles. The van der Waals surface area contributed by atoms with Crippen LogP contribution in [0.2, 0.25) is 0 Å². The zero-order valence-corrected chi connectivity index (χ0v) is 18.0. The van der Waals surface area contributed by atoms with Crippen molar-refractivity contribution in [2.24, 2.45) is 0 Å². The molecule has 2 rings (SSSR count). The maximum atomic E-state index is 12.9. The van der Waals surface area contributed by atoms with Crippen LogP contribution < -0.4 is 14.8 Å². The van der Waals surface area contributed by atoms with Crippen LogP contribution in [-0.4, -0.2) is 47.2 Å². The van der Waals surface area contributed by atoms with Crippen molar-refractivity contribution in [1.29, 1.82) is 0 Å². The Morgan fingerprint density at radius 2 is 1.79 bits per heavy atom. The molecular weight excluding hydrogens is 392 g/mol. The van der Waals surface area contributed by atoms with Crippen LogP contribution in [0, 0.1) is 6.92 Å². The Hall–Kier alpha value is -2.42. The highest BCUT2D eigenvalue weighted by Crippen LogP contribution is 2.21. The van der Waals surface area contributed by atoms with Crippen molar-refractivity contribution in [3.63, 3.8) is 0 Å². The van der Waals surface area contributed by atoms with E-state index in [4.69, 9.17) is 9.47 Å². The van der Waals surface area contributed by atoms with E-state index in [0.717, 1.165) is 5.56 Å². The number of carbonyl (C=O) groups is 1. The summed E-state index contributed by atoms with van der Waals surface area (Å²) in [6.45, 7) is 3.88. The molecule has 2 aromatic rings. The number of methoxy groups -OCH3 is 2. The summed E-state index contributed by atoms with van der Waals surface area (Å²) in [5.41, 5.74) is 1.54. The number of carbonyl (C=O) groups excluding carboxylic acids is 1. The van der Waals surface area contributed by atoms with E-state index in [-0.39, 0.29) is 17.4 Å². The van der Waals surface area contributed by atoms with Crippen LogP contribution in [0.5, 0.6) is 5.75 Å². The first kappa shape index (κ1) is 22.9. The molecule has 0 aliphatic heterocycles. The fourth-order valence-corrected chi connectivity index (χ4v) is 4.23. The first-order valence-corrected chi connectivity index (χ1v) is 10.8. The molecule has 0 unspecified atom stereocenters. The fraction of sp³-hybridized carbons (Fsp3) is 0.381. The van der Waals surface area contributed by atoms with Gasteiger partial charge in [-0.05, 0) is 49.6 Å². The second-order valence-electron chi connectivity index (χ2n) is 6.86. The number of hydrogen-bond donors (Lipinski definition) is 2. The molecule has 29 heavy (non-hydrogen) atoms. The van der Waals surface area contributed by atoms with Crippen LogP contribution in [0.3, 0.4) is 0 Å². The van der Waals surface area contributed by atoms with Gasteiger partial charge in [0.1, 0.15) is 11.8 Å². The van der Waals surface area contributed by atoms with E-state index in [9.17, 15) is 13.2 Å². The van der Waals surface area contributed by atoms with Gasteiger partial charge in [-0.3, -0.25) is 4.79 Å². The minimum Gasteiger partial charge on any atom is -0.496 e. The van der Waals surface area contributed by atoms with Crippen molar-refractivity contribution < 1.29 is 22.7 Å². The van der Waals surface area contributed by atoms with Crippen LogP contribution in [0.15, 0.2) is 53.4 Å². The van der Waals surface area contributed by atoms with Gasteiger partial charge in [0.05, 0.1) is 18.6 Å². The molecule has 8 heteroatoms. The summed E-state index contributed by atoms with van der Waals surface area (Å²) < 4.78 is 38.7. The first-order chi connectivity index (χ1) is 13.8. The van der Waals surface area contributed by atoms with Crippen molar-refractivity contribution in [1.82, 2.24) is 10.0 Å². The second kappa shape index (κ2) is 10.4. The van der Waals surface area contributed by atoms with E-state index < -0.39 is 22.0 Å². The van der Waals surface area contributed by atoms with Gasteiger partial charge in [-0.15, -0.1) is 0 Å². The number of hydrogen-bond acceptors (Lipinski definition) is 5. The molecule has 0 aliphatic rings.